The number of hydrogen-bond acceptors (Lipinski definition) is 10. The zero-order valence-electron chi connectivity index (χ0n) is 27.1. The summed E-state index contributed by atoms with van der Waals surface area (Å²) in [5.41, 5.74) is 0.344. The van der Waals surface area contributed by atoms with Crippen LogP contribution in [0.25, 0.3) is 0 Å². The lowest BCUT2D eigenvalue weighted by molar-refractivity contribution is 0.0977. The number of hydrogen-bond donors (Lipinski definition) is 2. The summed E-state index contributed by atoms with van der Waals surface area (Å²) in [5.74, 6) is -0.833. The predicted molar refractivity (Wildman–Crippen MR) is 183 cm³/mol. The fourth-order valence-electron chi connectivity index (χ4n) is 5.08. The Morgan fingerprint density at radius 3 is 1.80 bits per heavy atom. The van der Waals surface area contributed by atoms with Gasteiger partial charge in [0.15, 0.2) is 11.6 Å². The van der Waals surface area contributed by atoms with Crippen LogP contribution in [0, 0.1) is 13.8 Å². The number of carbonyl (C=O) groups excluding carboxylic acids is 2. The number of aryl methyl sites for hydroxylation is 4. The van der Waals surface area contributed by atoms with Crippen molar-refractivity contribution in [1.29, 1.82) is 0 Å². The van der Waals surface area contributed by atoms with Crippen LogP contribution in [0.3, 0.4) is 0 Å². The quantitative estimate of drug-likeness (QED) is 0.0896. The molecule has 0 saturated carbocycles. The van der Waals surface area contributed by atoms with Gasteiger partial charge in [-0.05, 0) is 73.6 Å². The smallest absolute Gasteiger partial charge is 0.350 e. The molecule has 0 fully saturated rings. The van der Waals surface area contributed by atoms with Gasteiger partial charge < -0.3 is 19.0 Å². The zero-order chi connectivity index (χ0) is 33.6. The standard InChI is InChI=1S/2C18H22O4S/c1-3-4-5-6-7-13-9-14(23-11-13)10-16(20)17-15(19)8-12(2)22-18(17)21;1-3-4-5-6-7-13-8-9-23-16(13)11-15(20)17-14(19)10-12(2)22-18(17)21/h8-9,11,19H,3-7,10H2,1-2H3;8-10,19H,3-7,11H2,1-2H3. The number of carbonyl (C=O) groups is 2. The van der Waals surface area contributed by atoms with E-state index in [-0.39, 0.29) is 47.0 Å². The third kappa shape index (κ3) is 10.9. The van der Waals surface area contributed by atoms with E-state index in [4.69, 9.17) is 8.83 Å². The number of thiophene rings is 2. The summed E-state index contributed by atoms with van der Waals surface area (Å²) in [6, 6.07) is 6.65. The van der Waals surface area contributed by atoms with Gasteiger partial charge in [0, 0.05) is 34.7 Å². The van der Waals surface area contributed by atoms with Crippen molar-refractivity contribution in [1.82, 2.24) is 0 Å². The van der Waals surface area contributed by atoms with Gasteiger partial charge in [0.25, 0.3) is 0 Å². The van der Waals surface area contributed by atoms with Crippen molar-refractivity contribution in [3.05, 3.63) is 99.4 Å². The summed E-state index contributed by atoms with van der Waals surface area (Å²) < 4.78 is 9.81. The molecular formula is C36H44O8S2. The maximum absolute atomic E-state index is 12.4. The summed E-state index contributed by atoms with van der Waals surface area (Å²) in [5, 5.41) is 23.7. The summed E-state index contributed by atoms with van der Waals surface area (Å²) in [6.07, 6.45) is 11.7. The fourth-order valence-corrected chi connectivity index (χ4v) is 6.93. The third-order valence-electron chi connectivity index (χ3n) is 7.49. The Hall–Kier alpha value is -3.76. The van der Waals surface area contributed by atoms with Crippen LogP contribution >= 0.6 is 22.7 Å². The molecule has 0 saturated heterocycles. The van der Waals surface area contributed by atoms with E-state index in [9.17, 15) is 29.4 Å². The molecule has 46 heavy (non-hydrogen) atoms. The summed E-state index contributed by atoms with van der Waals surface area (Å²) in [4.78, 5) is 50.1. The minimum atomic E-state index is -0.774. The lowest BCUT2D eigenvalue weighted by atomic mass is 10.0. The molecular weight excluding hydrogens is 625 g/mol. The van der Waals surface area contributed by atoms with Crippen molar-refractivity contribution < 1.29 is 28.6 Å². The van der Waals surface area contributed by atoms with Crippen LogP contribution in [0.15, 0.2) is 53.4 Å². The molecule has 4 rings (SSSR count). The first kappa shape index (κ1) is 36.7. The van der Waals surface area contributed by atoms with Gasteiger partial charge in [-0.1, -0.05) is 52.4 Å². The Labute approximate surface area is 277 Å². The van der Waals surface area contributed by atoms with Gasteiger partial charge in [0.05, 0.1) is 0 Å². The van der Waals surface area contributed by atoms with Crippen LogP contribution in [-0.4, -0.2) is 21.8 Å². The average molecular weight is 669 g/mol. The highest BCUT2D eigenvalue weighted by Gasteiger charge is 2.21. The molecule has 248 valence electrons. The number of Topliss-reactive ketones (excluding diaryl/α,β-unsaturated/α-hetero) is 2. The predicted octanol–water partition coefficient (Wildman–Crippen LogP) is 8.53. The molecule has 8 nitrogen and oxygen atoms in total. The molecule has 0 atom stereocenters. The van der Waals surface area contributed by atoms with E-state index in [1.165, 1.54) is 78.9 Å². The number of unbranched alkanes of at least 4 members (excludes halogenated alkanes) is 6. The first-order valence-corrected chi connectivity index (χ1v) is 17.6. The van der Waals surface area contributed by atoms with Crippen LogP contribution in [0.5, 0.6) is 11.5 Å². The summed E-state index contributed by atoms with van der Waals surface area (Å²) in [6.45, 7) is 7.47. The fraction of sp³-hybridized carbons (Fsp3) is 0.444. The second kappa shape index (κ2) is 18.4. The highest BCUT2D eigenvalue weighted by atomic mass is 32.1. The normalized spacial score (nSPS) is 10.9. The minimum Gasteiger partial charge on any atom is -0.507 e. The van der Waals surface area contributed by atoms with Crippen molar-refractivity contribution in [2.24, 2.45) is 0 Å². The molecule has 4 aromatic rings. The molecule has 0 aliphatic rings. The molecule has 0 bridgehead atoms. The van der Waals surface area contributed by atoms with E-state index in [1.54, 1.807) is 13.8 Å². The zero-order valence-corrected chi connectivity index (χ0v) is 28.7. The second-order valence-electron chi connectivity index (χ2n) is 11.4. The number of aromatic hydroxyl groups is 2. The van der Waals surface area contributed by atoms with E-state index in [0.717, 1.165) is 41.0 Å². The van der Waals surface area contributed by atoms with Crippen LogP contribution in [0.4, 0.5) is 0 Å². The van der Waals surface area contributed by atoms with Gasteiger partial charge in [-0.25, -0.2) is 9.59 Å². The van der Waals surface area contributed by atoms with Crippen LogP contribution in [0.2, 0.25) is 0 Å². The van der Waals surface area contributed by atoms with E-state index in [1.807, 2.05) is 17.5 Å². The second-order valence-corrected chi connectivity index (χ2v) is 13.4. The summed E-state index contributed by atoms with van der Waals surface area (Å²) in [7, 11) is 0. The van der Waals surface area contributed by atoms with Crippen molar-refractivity contribution in [2.75, 3.05) is 0 Å². The molecule has 2 N–H and O–H groups in total. The van der Waals surface area contributed by atoms with Crippen molar-refractivity contribution in [3.63, 3.8) is 0 Å². The van der Waals surface area contributed by atoms with Crippen LogP contribution in [-0.2, 0) is 25.7 Å². The molecule has 0 radical (unpaired) electrons. The molecule has 4 aromatic heterocycles. The largest absolute Gasteiger partial charge is 0.507 e. The molecule has 0 aromatic carbocycles. The highest BCUT2D eigenvalue weighted by Crippen LogP contribution is 2.24. The van der Waals surface area contributed by atoms with E-state index >= 15 is 0 Å². The van der Waals surface area contributed by atoms with Crippen LogP contribution in [0.1, 0.15) is 118 Å². The van der Waals surface area contributed by atoms with Gasteiger partial charge in [0.1, 0.15) is 34.1 Å². The highest BCUT2D eigenvalue weighted by molar-refractivity contribution is 7.10. The van der Waals surface area contributed by atoms with Crippen LogP contribution < -0.4 is 11.3 Å². The molecule has 0 unspecified atom stereocenters. The molecule has 4 heterocycles. The van der Waals surface area contributed by atoms with E-state index < -0.39 is 22.8 Å². The van der Waals surface area contributed by atoms with Gasteiger partial charge in [-0.15, -0.1) is 22.7 Å². The average Bonchev–Trinajstić information content (AvgIpc) is 3.61. The molecule has 0 aliphatic heterocycles. The Balaban J connectivity index is 0.000000250. The number of ketones is 2. The SMILES string of the molecule is CCCCCCc1ccsc1CC(=O)c1c(O)cc(C)oc1=O.CCCCCCc1csc(CC(=O)c2c(O)cc(C)oc2=O)c1. The Bertz CT molecular complexity index is 1710. The number of rotatable bonds is 16. The van der Waals surface area contributed by atoms with Crippen molar-refractivity contribution >= 4 is 34.2 Å². The van der Waals surface area contributed by atoms with E-state index in [2.05, 4.69) is 19.2 Å². The van der Waals surface area contributed by atoms with Crippen molar-refractivity contribution in [2.45, 2.75) is 105 Å². The van der Waals surface area contributed by atoms with Gasteiger partial charge >= 0.3 is 11.3 Å². The first-order chi connectivity index (χ1) is 22.0. The van der Waals surface area contributed by atoms with Gasteiger partial charge in [-0.2, -0.15) is 0 Å². The maximum Gasteiger partial charge on any atom is 0.350 e. The van der Waals surface area contributed by atoms with E-state index in [0.29, 0.717) is 0 Å². The van der Waals surface area contributed by atoms with Crippen molar-refractivity contribution in [3.8, 4) is 11.5 Å². The lowest BCUT2D eigenvalue weighted by Crippen LogP contribution is -2.16. The Morgan fingerprint density at radius 2 is 1.26 bits per heavy atom. The Kier molecular flexibility index (Phi) is 14.7. The van der Waals surface area contributed by atoms with Gasteiger partial charge in [-0.3, -0.25) is 9.59 Å². The van der Waals surface area contributed by atoms with Gasteiger partial charge in [0.2, 0.25) is 0 Å². The Morgan fingerprint density at radius 1 is 0.717 bits per heavy atom. The third-order valence-corrected chi connectivity index (χ3v) is 9.43. The molecule has 0 aliphatic carbocycles. The minimum absolute atomic E-state index is 0.112. The monoisotopic (exact) mass is 668 g/mol. The molecule has 10 heteroatoms. The topological polar surface area (TPSA) is 135 Å². The molecule has 0 amide bonds. The first-order valence-electron chi connectivity index (χ1n) is 15.9. The molecule has 0 spiro atoms. The maximum atomic E-state index is 12.4. The summed E-state index contributed by atoms with van der Waals surface area (Å²) >= 11 is 3.03. The lowest BCUT2D eigenvalue weighted by Gasteiger charge is -2.05.